The van der Waals surface area contributed by atoms with Crippen LogP contribution in [-0.2, 0) is 35.1 Å². The van der Waals surface area contributed by atoms with Crippen LogP contribution in [0, 0.1) is 0 Å². The molecule has 10 N–H and O–H groups in total. The molecule has 1 heterocycles. The second-order valence-corrected chi connectivity index (χ2v) is 8.24. The van der Waals surface area contributed by atoms with Crippen molar-refractivity contribution in [1.82, 2.24) is 16.0 Å². The summed E-state index contributed by atoms with van der Waals surface area (Å²) in [6.07, 6.45) is -5.66. The maximum absolute atomic E-state index is 13.0. The molecule has 0 bridgehead atoms. The number of aliphatic hydroxyl groups is 3. The van der Waals surface area contributed by atoms with Crippen LogP contribution in [0.5, 0.6) is 0 Å². The van der Waals surface area contributed by atoms with E-state index >= 15 is 0 Å². The molecule has 7 atom stereocenters. The minimum atomic E-state index is -1.57. The highest BCUT2D eigenvalue weighted by atomic mass is 16.7. The van der Waals surface area contributed by atoms with Gasteiger partial charge in [0.2, 0.25) is 23.6 Å². The molecule has 1 aromatic rings. The SMILES string of the molecule is CC(=O)N[C@H]1[C@H](OC[C@H](NC(=O)CN)C(=O)N[C@@H](Cc2ccccc2)C(N)=O)O[C@H](CO)[C@@H](O)[C@@H]1O. The molecule has 0 radical (unpaired) electrons. The molecule has 36 heavy (non-hydrogen) atoms. The van der Waals surface area contributed by atoms with Crippen molar-refractivity contribution >= 4 is 23.6 Å². The van der Waals surface area contributed by atoms with Gasteiger partial charge in [0, 0.05) is 13.3 Å². The number of rotatable bonds is 12. The first-order valence-electron chi connectivity index (χ1n) is 11.2. The molecule has 1 saturated heterocycles. The third kappa shape index (κ3) is 8.22. The van der Waals surface area contributed by atoms with Gasteiger partial charge < -0.3 is 52.2 Å². The molecule has 14 nitrogen and oxygen atoms in total. The van der Waals surface area contributed by atoms with Gasteiger partial charge in [0.15, 0.2) is 6.29 Å². The number of nitrogens with one attached hydrogen (secondary N) is 3. The van der Waals surface area contributed by atoms with Crippen molar-refractivity contribution in [3.05, 3.63) is 35.9 Å². The van der Waals surface area contributed by atoms with Gasteiger partial charge in [-0.2, -0.15) is 0 Å². The summed E-state index contributed by atoms with van der Waals surface area (Å²) in [5, 5.41) is 37.1. The van der Waals surface area contributed by atoms with E-state index in [4.69, 9.17) is 20.9 Å². The number of ether oxygens (including phenoxy) is 2. The maximum Gasteiger partial charge on any atom is 0.245 e. The zero-order chi connectivity index (χ0) is 26.8. The van der Waals surface area contributed by atoms with Crippen molar-refractivity contribution in [3.8, 4) is 0 Å². The Morgan fingerprint density at radius 1 is 1.08 bits per heavy atom. The topological polar surface area (TPSA) is 236 Å². The lowest BCUT2D eigenvalue weighted by molar-refractivity contribution is -0.271. The Morgan fingerprint density at radius 3 is 2.31 bits per heavy atom. The van der Waals surface area contributed by atoms with Gasteiger partial charge in [-0.3, -0.25) is 19.2 Å². The molecule has 4 amide bonds. The van der Waals surface area contributed by atoms with Gasteiger partial charge in [-0.1, -0.05) is 30.3 Å². The van der Waals surface area contributed by atoms with Crippen LogP contribution in [0.3, 0.4) is 0 Å². The number of hydrogen-bond acceptors (Lipinski definition) is 10. The van der Waals surface area contributed by atoms with Crippen LogP contribution in [0.4, 0.5) is 0 Å². The molecule has 2 rings (SSSR count). The Balaban J connectivity index is 2.16. The minimum Gasteiger partial charge on any atom is -0.394 e. The lowest BCUT2D eigenvalue weighted by Gasteiger charge is -2.42. The smallest absolute Gasteiger partial charge is 0.245 e. The van der Waals surface area contributed by atoms with Crippen LogP contribution in [-0.4, -0.2) is 101 Å². The van der Waals surface area contributed by atoms with E-state index in [-0.39, 0.29) is 6.42 Å². The van der Waals surface area contributed by atoms with Crippen LogP contribution >= 0.6 is 0 Å². The van der Waals surface area contributed by atoms with E-state index in [9.17, 15) is 34.5 Å². The fourth-order valence-corrected chi connectivity index (χ4v) is 3.58. The highest BCUT2D eigenvalue weighted by Crippen LogP contribution is 2.22. The summed E-state index contributed by atoms with van der Waals surface area (Å²) in [7, 11) is 0. The van der Waals surface area contributed by atoms with E-state index in [2.05, 4.69) is 16.0 Å². The summed E-state index contributed by atoms with van der Waals surface area (Å²) in [5.74, 6) is -2.89. The number of hydrogen-bond donors (Lipinski definition) is 8. The van der Waals surface area contributed by atoms with E-state index in [1.165, 1.54) is 6.92 Å². The number of carbonyl (C=O) groups is 4. The van der Waals surface area contributed by atoms with Crippen LogP contribution in [0.25, 0.3) is 0 Å². The molecule has 1 aliphatic rings. The van der Waals surface area contributed by atoms with E-state index in [1.54, 1.807) is 30.3 Å². The van der Waals surface area contributed by atoms with Crippen LogP contribution in [0.1, 0.15) is 12.5 Å². The Bertz CT molecular complexity index is 903. The fraction of sp³-hybridized carbons (Fsp3) is 0.545. The third-order valence-electron chi connectivity index (χ3n) is 5.46. The molecule has 1 fully saturated rings. The lowest BCUT2D eigenvalue weighted by Crippen LogP contribution is -2.65. The Morgan fingerprint density at radius 2 is 1.75 bits per heavy atom. The molecule has 0 unspecified atom stereocenters. The largest absolute Gasteiger partial charge is 0.394 e. The highest BCUT2D eigenvalue weighted by molar-refractivity contribution is 5.92. The van der Waals surface area contributed by atoms with Gasteiger partial charge in [-0.15, -0.1) is 0 Å². The summed E-state index contributed by atoms with van der Waals surface area (Å²) in [6.45, 7) is -0.490. The van der Waals surface area contributed by atoms with Gasteiger partial charge in [-0.25, -0.2) is 0 Å². The van der Waals surface area contributed by atoms with Crippen molar-refractivity contribution < 1.29 is 44.0 Å². The first kappa shape index (κ1) is 29.1. The van der Waals surface area contributed by atoms with Crippen molar-refractivity contribution in [1.29, 1.82) is 0 Å². The Kier molecular flexibility index (Phi) is 11.2. The monoisotopic (exact) mass is 511 g/mol. The molecular formula is C22H33N5O9. The third-order valence-corrected chi connectivity index (χ3v) is 5.46. The molecule has 0 spiro atoms. The minimum absolute atomic E-state index is 0.0962. The van der Waals surface area contributed by atoms with Crippen molar-refractivity contribution in [3.63, 3.8) is 0 Å². The average molecular weight is 512 g/mol. The summed E-state index contributed by atoms with van der Waals surface area (Å²) < 4.78 is 11.0. The molecular weight excluding hydrogens is 478 g/mol. The van der Waals surface area contributed by atoms with E-state index in [0.717, 1.165) is 5.56 Å². The van der Waals surface area contributed by atoms with Crippen molar-refractivity contribution in [2.75, 3.05) is 19.8 Å². The predicted molar refractivity (Wildman–Crippen MR) is 124 cm³/mol. The molecule has 1 aromatic carbocycles. The quantitative estimate of drug-likeness (QED) is 0.134. The van der Waals surface area contributed by atoms with E-state index in [0.29, 0.717) is 0 Å². The molecule has 14 heteroatoms. The predicted octanol–water partition coefficient (Wildman–Crippen LogP) is -4.40. The molecule has 1 aliphatic heterocycles. The first-order valence-corrected chi connectivity index (χ1v) is 11.2. The number of aliphatic hydroxyl groups excluding tert-OH is 3. The van der Waals surface area contributed by atoms with Crippen LogP contribution < -0.4 is 27.4 Å². The van der Waals surface area contributed by atoms with Gasteiger partial charge in [-0.05, 0) is 5.56 Å². The zero-order valence-electron chi connectivity index (χ0n) is 19.7. The first-order chi connectivity index (χ1) is 17.1. The number of carbonyl (C=O) groups excluding carboxylic acids is 4. The zero-order valence-corrected chi connectivity index (χ0v) is 19.7. The maximum atomic E-state index is 13.0. The van der Waals surface area contributed by atoms with E-state index in [1.807, 2.05) is 0 Å². The van der Waals surface area contributed by atoms with Crippen LogP contribution in [0.2, 0.25) is 0 Å². The number of nitrogens with two attached hydrogens (primary N) is 2. The summed E-state index contributed by atoms with van der Waals surface area (Å²) in [4.78, 5) is 48.5. The fourth-order valence-electron chi connectivity index (χ4n) is 3.58. The van der Waals surface area contributed by atoms with Gasteiger partial charge in [0.1, 0.15) is 36.4 Å². The Labute approximate surface area is 207 Å². The summed E-state index contributed by atoms with van der Waals surface area (Å²) in [6, 6.07) is 5.06. The summed E-state index contributed by atoms with van der Waals surface area (Å²) >= 11 is 0. The average Bonchev–Trinajstić information content (AvgIpc) is 2.85. The molecule has 200 valence electrons. The van der Waals surface area contributed by atoms with Crippen molar-refractivity contribution in [2.45, 2.75) is 56.1 Å². The van der Waals surface area contributed by atoms with Gasteiger partial charge >= 0.3 is 0 Å². The van der Waals surface area contributed by atoms with Gasteiger partial charge in [0.25, 0.3) is 0 Å². The molecule has 0 saturated carbocycles. The second kappa shape index (κ2) is 13.8. The van der Waals surface area contributed by atoms with Gasteiger partial charge in [0.05, 0.1) is 19.8 Å². The standard InChI is InChI=1S/C22H33N5O9/c1-11(29)25-17-19(32)18(31)15(9-28)36-22(17)35-10-14(26-16(30)8-23)21(34)27-13(20(24)33)7-12-5-3-2-4-6-12/h2-6,13-15,17-19,22,28,31-32H,7-10,23H2,1H3,(H2,24,33)(H,25,29)(H,26,30)(H,27,34)/t13-,14-,15+,17+,18+,19+,22+/m0/s1. The number of primary amides is 1. The highest BCUT2D eigenvalue weighted by Gasteiger charge is 2.45. The molecule has 0 aliphatic carbocycles. The normalized spacial score (nSPS) is 25.3. The van der Waals surface area contributed by atoms with Crippen molar-refractivity contribution in [2.24, 2.45) is 11.5 Å². The number of benzene rings is 1. The second-order valence-electron chi connectivity index (χ2n) is 8.24. The van der Waals surface area contributed by atoms with Crippen LogP contribution in [0.15, 0.2) is 30.3 Å². The summed E-state index contributed by atoms with van der Waals surface area (Å²) in [5.41, 5.74) is 11.5. The number of amides is 4. The lowest BCUT2D eigenvalue weighted by atomic mass is 9.97. The Hall–Kier alpha value is -3.14. The molecule has 0 aromatic heterocycles. The van der Waals surface area contributed by atoms with E-state index < -0.39 is 86.1 Å².